The molecule has 0 bridgehead atoms. The highest BCUT2D eigenvalue weighted by Crippen LogP contribution is 2.29. The number of carbonyl (C=O) groups excluding carboxylic acids is 2. The van der Waals surface area contributed by atoms with Crippen LogP contribution in [0.25, 0.3) is 0 Å². The maximum Gasteiger partial charge on any atom is 0.416 e. The second-order valence-corrected chi connectivity index (χ2v) is 6.81. The van der Waals surface area contributed by atoms with Crippen molar-refractivity contribution in [3.05, 3.63) is 70.8 Å². The molecule has 0 unspecified atom stereocenters. The lowest BCUT2D eigenvalue weighted by Crippen LogP contribution is -2.35. The van der Waals surface area contributed by atoms with E-state index in [1.807, 2.05) is 4.90 Å². The van der Waals surface area contributed by atoms with Crippen LogP contribution in [0.15, 0.2) is 48.5 Å². The van der Waals surface area contributed by atoms with Crippen LogP contribution in [-0.4, -0.2) is 29.8 Å². The van der Waals surface area contributed by atoms with Gasteiger partial charge in [0.25, 0.3) is 11.8 Å². The zero-order valence-corrected chi connectivity index (χ0v) is 15.3. The number of halogens is 3. The van der Waals surface area contributed by atoms with Gasteiger partial charge in [-0.05, 0) is 55.2 Å². The van der Waals surface area contributed by atoms with Crippen LogP contribution in [-0.2, 0) is 12.7 Å². The standard InChI is InChI=1S/C21H21F3N2O2/c22-21(23,24)18-6-4-5-17(13-18)19(27)25-14-15-7-9-16(10-8-15)20(28)26-11-2-1-3-12-26/h4-10,13H,1-3,11-12,14H2,(H,25,27). The lowest BCUT2D eigenvalue weighted by atomic mass is 10.1. The predicted octanol–water partition coefficient (Wildman–Crippen LogP) is 4.26. The highest BCUT2D eigenvalue weighted by Gasteiger charge is 2.30. The quantitative estimate of drug-likeness (QED) is 0.848. The molecule has 1 fully saturated rings. The molecule has 0 radical (unpaired) electrons. The lowest BCUT2D eigenvalue weighted by Gasteiger charge is -2.26. The number of rotatable bonds is 4. The molecule has 1 aliphatic rings. The van der Waals surface area contributed by atoms with E-state index in [9.17, 15) is 22.8 Å². The van der Waals surface area contributed by atoms with Crippen molar-refractivity contribution in [3.63, 3.8) is 0 Å². The fraction of sp³-hybridized carbons (Fsp3) is 0.333. The van der Waals surface area contributed by atoms with Crippen molar-refractivity contribution in [3.8, 4) is 0 Å². The summed E-state index contributed by atoms with van der Waals surface area (Å²) in [5.41, 5.74) is 0.442. The fourth-order valence-electron chi connectivity index (χ4n) is 3.17. The zero-order valence-electron chi connectivity index (χ0n) is 15.3. The average Bonchev–Trinajstić information content (AvgIpc) is 2.72. The molecule has 0 aromatic heterocycles. The van der Waals surface area contributed by atoms with Crippen LogP contribution in [0.1, 0.15) is 51.1 Å². The van der Waals surface area contributed by atoms with Crippen molar-refractivity contribution >= 4 is 11.8 Å². The smallest absolute Gasteiger partial charge is 0.348 e. The van der Waals surface area contributed by atoms with E-state index in [0.29, 0.717) is 5.56 Å². The molecule has 1 N–H and O–H groups in total. The molecule has 2 aromatic carbocycles. The number of alkyl halides is 3. The SMILES string of the molecule is O=C(NCc1ccc(C(=O)N2CCCCC2)cc1)c1cccc(C(F)(F)F)c1. The van der Waals surface area contributed by atoms with Crippen LogP contribution in [0.3, 0.4) is 0 Å². The van der Waals surface area contributed by atoms with Gasteiger partial charge in [0.2, 0.25) is 0 Å². The summed E-state index contributed by atoms with van der Waals surface area (Å²) in [6, 6.07) is 11.2. The summed E-state index contributed by atoms with van der Waals surface area (Å²) in [5.74, 6) is -0.584. The number of hydrogen-bond acceptors (Lipinski definition) is 2. The molecule has 7 heteroatoms. The number of nitrogens with one attached hydrogen (secondary N) is 1. The van der Waals surface area contributed by atoms with Crippen molar-refractivity contribution in [2.24, 2.45) is 0 Å². The second kappa shape index (κ2) is 8.46. The molecule has 0 saturated carbocycles. The maximum absolute atomic E-state index is 12.8. The third-order valence-corrected chi connectivity index (χ3v) is 4.75. The molecule has 0 aliphatic carbocycles. The van der Waals surface area contributed by atoms with Gasteiger partial charge in [-0.15, -0.1) is 0 Å². The third-order valence-electron chi connectivity index (χ3n) is 4.75. The molecule has 0 spiro atoms. The minimum Gasteiger partial charge on any atom is -0.348 e. The maximum atomic E-state index is 12.8. The summed E-state index contributed by atoms with van der Waals surface area (Å²) < 4.78 is 38.3. The molecule has 28 heavy (non-hydrogen) atoms. The number of likely N-dealkylation sites (tertiary alicyclic amines) is 1. The monoisotopic (exact) mass is 390 g/mol. The van der Waals surface area contributed by atoms with Crippen LogP contribution in [0.5, 0.6) is 0 Å². The number of benzene rings is 2. The number of hydrogen-bond donors (Lipinski definition) is 1. The summed E-state index contributed by atoms with van der Waals surface area (Å²) >= 11 is 0. The minimum absolute atomic E-state index is 0.000693. The molecule has 1 aliphatic heterocycles. The Kier molecular flexibility index (Phi) is 6.02. The van der Waals surface area contributed by atoms with E-state index in [4.69, 9.17) is 0 Å². The first-order chi connectivity index (χ1) is 13.3. The Morgan fingerprint density at radius 2 is 1.61 bits per heavy atom. The average molecular weight is 390 g/mol. The highest BCUT2D eigenvalue weighted by atomic mass is 19.4. The zero-order chi connectivity index (χ0) is 20.1. The molecule has 1 heterocycles. The Morgan fingerprint density at radius 3 is 2.25 bits per heavy atom. The molecule has 4 nitrogen and oxygen atoms in total. The number of piperidine rings is 1. The minimum atomic E-state index is -4.49. The molecule has 2 amide bonds. The predicted molar refractivity (Wildman–Crippen MR) is 98.8 cm³/mol. The molecule has 3 rings (SSSR count). The number of amides is 2. The molecule has 1 saturated heterocycles. The van der Waals surface area contributed by atoms with E-state index in [0.717, 1.165) is 50.0 Å². The second-order valence-electron chi connectivity index (χ2n) is 6.81. The van der Waals surface area contributed by atoms with Gasteiger partial charge in [0.15, 0.2) is 0 Å². The normalized spacial score (nSPS) is 14.6. The highest BCUT2D eigenvalue weighted by molar-refractivity contribution is 5.95. The molecule has 148 valence electrons. The van der Waals surface area contributed by atoms with Crippen LogP contribution in [0.4, 0.5) is 13.2 Å². The van der Waals surface area contributed by atoms with E-state index in [1.165, 1.54) is 12.1 Å². The summed E-state index contributed by atoms with van der Waals surface area (Å²) in [6.07, 6.45) is -1.31. The van der Waals surface area contributed by atoms with Gasteiger partial charge in [-0.25, -0.2) is 0 Å². The molecule has 0 atom stereocenters. The number of carbonyl (C=O) groups is 2. The largest absolute Gasteiger partial charge is 0.416 e. The topological polar surface area (TPSA) is 49.4 Å². The van der Waals surface area contributed by atoms with Crippen LogP contribution < -0.4 is 5.32 Å². The van der Waals surface area contributed by atoms with Crippen molar-refractivity contribution in [2.45, 2.75) is 32.0 Å². The van der Waals surface area contributed by atoms with Gasteiger partial charge < -0.3 is 10.2 Å². The van der Waals surface area contributed by atoms with Crippen LogP contribution in [0, 0.1) is 0 Å². The first-order valence-corrected chi connectivity index (χ1v) is 9.18. The molecular weight excluding hydrogens is 369 g/mol. The molecule has 2 aromatic rings. The summed E-state index contributed by atoms with van der Waals surface area (Å²) in [7, 11) is 0. The van der Waals surface area contributed by atoms with Gasteiger partial charge in [-0.2, -0.15) is 13.2 Å². The summed E-state index contributed by atoms with van der Waals surface area (Å²) in [6.45, 7) is 1.70. The first kappa shape index (κ1) is 19.9. The lowest BCUT2D eigenvalue weighted by molar-refractivity contribution is -0.137. The Labute approximate surface area is 161 Å². The van der Waals surface area contributed by atoms with Crippen molar-refractivity contribution in [2.75, 3.05) is 13.1 Å². The fourth-order valence-corrected chi connectivity index (χ4v) is 3.17. The molecular formula is C21H21F3N2O2. The van der Waals surface area contributed by atoms with E-state index in [-0.39, 0.29) is 18.0 Å². The van der Waals surface area contributed by atoms with Gasteiger partial charge in [0, 0.05) is 30.8 Å². The van der Waals surface area contributed by atoms with Gasteiger partial charge in [-0.1, -0.05) is 18.2 Å². The Morgan fingerprint density at radius 1 is 0.929 bits per heavy atom. The van der Waals surface area contributed by atoms with E-state index < -0.39 is 17.6 Å². The third kappa shape index (κ3) is 4.91. The summed E-state index contributed by atoms with van der Waals surface area (Å²) in [5, 5.41) is 2.60. The number of nitrogens with zero attached hydrogens (tertiary/aromatic N) is 1. The van der Waals surface area contributed by atoms with Gasteiger partial charge in [0.05, 0.1) is 5.56 Å². The van der Waals surface area contributed by atoms with Crippen LogP contribution >= 0.6 is 0 Å². The van der Waals surface area contributed by atoms with Crippen molar-refractivity contribution < 1.29 is 22.8 Å². The van der Waals surface area contributed by atoms with Gasteiger partial charge in [0.1, 0.15) is 0 Å². The van der Waals surface area contributed by atoms with Gasteiger partial charge in [-0.3, -0.25) is 9.59 Å². The Hall–Kier alpha value is -2.83. The Bertz CT molecular complexity index is 841. The van der Waals surface area contributed by atoms with E-state index in [2.05, 4.69) is 5.32 Å². The van der Waals surface area contributed by atoms with Crippen LogP contribution in [0.2, 0.25) is 0 Å². The van der Waals surface area contributed by atoms with Crippen molar-refractivity contribution in [1.29, 1.82) is 0 Å². The first-order valence-electron chi connectivity index (χ1n) is 9.18. The van der Waals surface area contributed by atoms with E-state index >= 15 is 0 Å². The van der Waals surface area contributed by atoms with E-state index in [1.54, 1.807) is 24.3 Å². The Balaban J connectivity index is 1.59. The summed E-state index contributed by atoms with van der Waals surface area (Å²) in [4.78, 5) is 26.4. The van der Waals surface area contributed by atoms with Crippen molar-refractivity contribution in [1.82, 2.24) is 10.2 Å². The van der Waals surface area contributed by atoms with Gasteiger partial charge >= 0.3 is 6.18 Å².